The van der Waals surface area contributed by atoms with Crippen LogP contribution < -0.4 is 10.1 Å². The summed E-state index contributed by atoms with van der Waals surface area (Å²) in [7, 11) is 0. The summed E-state index contributed by atoms with van der Waals surface area (Å²) < 4.78 is 6.92. The molecule has 1 aromatic carbocycles. The zero-order valence-electron chi connectivity index (χ0n) is 10.2. The third kappa shape index (κ3) is 3.87. The second-order valence-electron chi connectivity index (χ2n) is 3.83. The summed E-state index contributed by atoms with van der Waals surface area (Å²) in [4.78, 5) is 4.23. The Hall–Kier alpha value is -1.30. The van der Waals surface area contributed by atoms with Crippen molar-refractivity contribution >= 4 is 28.4 Å². The number of aromatic nitrogens is 1. The molecule has 0 amide bonds. The van der Waals surface area contributed by atoms with Crippen molar-refractivity contribution in [2.45, 2.75) is 13.5 Å². The number of benzene rings is 1. The van der Waals surface area contributed by atoms with Gasteiger partial charge < -0.3 is 10.1 Å². The highest BCUT2D eigenvalue weighted by Crippen LogP contribution is 2.17. The van der Waals surface area contributed by atoms with E-state index in [0.29, 0.717) is 6.61 Å². The van der Waals surface area contributed by atoms with Crippen LogP contribution in [-0.2, 0) is 6.61 Å². The highest BCUT2D eigenvalue weighted by molar-refractivity contribution is 14.1. The minimum absolute atomic E-state index is 0.557. The molecule has 1 aromatic heterocycles. The van der Waals surface area contributed by atoms with Crippen LogP contribution in [0.4, 0.5) is 5.82 Å². The molecule has 1 heterocycles. The minimum Gasteiger partial charge on any atom is -0.489 e. The molecule has 3 nitrogen and oxygen atoms in total. The summed E-state index contributed by atoms with van der Waals surface area (Å²) in [6.45, 7) is 3.48. The van der Waals surface area contributed by atoms with E-state index < -0.39 is 0 Å². The number of nitrogens with zero attached hydrogens (tertiary/aromatic N) is 1. The van der Waals surface area contributed by atoms with Crippen LogP contribution in [0.3, 0.4) is 0 Å². The van der Waals surface area contributed by atoms with Gasteiger partial charge in [0.05, 0.1) is 0 Å². The first-order valence-electron chi connectivity index (χ1n) is 5.85. The SMILES string of the molecule is CCNc1cc(COc2cccc(I)c2)ccn1. The van der Waals surface area contributed by atoms with Gasteiger partial charge in [0, 0.05) is 16.3 Å². The van der Waals surface area contributed by atoms with Crippen molar-refractivity contribution in [1.29, 1.82) is 0 Å². The maximum atomic E-state index is 5.75. The van der Waals surface area contributed by atoms with Crippen molar-refractivity contribution in [2.75, 3.05) is 11.9 Å². The summed E-state index contributed by atoms with van der Waals surface area (Å²) >= 11 is 2.28. The zero-order valence-corrected chi connectivity index (χ0v) is 12.3. The van der Waals surface area contributed by atoms with Gasteiger partial charge in [-0.05, 0) is 65.4 Å². The molecule has 0 fully saturated rings. The van der Waals surface area contributed by atoms with Crippen molar-refractivity contribution in [3.63, 3.8) is 0 Å². The lowest BCUT2D eigenvalue weighted by Crippen LogP contribution is -2.01. The van der Waals surface area contributed by atoms with Gasteiger partial charge in [0.15, 0.2) is 0 Å². The van der Waals surface area contributed by atoms with Gasteiger partial charge in [-0.2, -0.15) is 0 Å². The van der Waals surface area contributed by atoms with E-state index in [0.717, 1.165) is 23.7 Å². The van der Waals surface area contributed by atoms with Crippen molar-refractivity contribution in [3.05, 3.63) is 51.7 Å². The Labute approximate surface area is 121 Å². The van der Waals surface area contributed by atoms with E-state index in [9.17, 15) is 0 Å². The third-order valence-electron chi connectivity index (χ3n) is 2.38. The van der Waals surface area contributed by atoms with Gasteiger partial charge in [-0.15, -0.1) is 0 Å². The fraction of sp³-hybridized carbons (Fsp3) is 0.214. The predicted molar refractivity (Wildman–Crippen MR) is 81.9 cm³/mol. The monoisotopic (exact) mass is 354 g/mol. The molecule has 94 valence electrons. The average molecular weight is 354 g/mol. The number of hydrogen-bond acceptors (Lipinski definition) is 3. The first-order chi connectivity index (χ1) is 8.78. The summed E-state index contributed by atoms with van der Waals surface area (Å²) in [6, 6.07) is 12.0. The van der Waals surface area contributed by atoms with Gasteiger partial charge in [-0.3, -0.25) is 0 Å². The van der Waals surface area contributed by atoms with Crippen LogP contribution in [0, 0.1) is 3.57 Å². The maximum Gasteiger partial charge on any atom is 0.126 e. The van der Waals surface area contributed by atoms with Crippen molar-refractivity contribution < 1.29 is 4.74 Å². The van der Waals surface area contributed by atoms with Gasteiger partial charge in [0.1, 0.15) is 18.2 Å². The van der Waals surface area contributed by atoms with Gasteiger partial charge in [-0.1, -0.05) is 6.07 Å². The molecule has 2 aromatic rings. The van der Waals surface area contributed by atoms with E-state index in [1.807, 2.05) is 36.4 Å². The number of anilines is 1. The van der Waals surface area contributed by atoms with Gasteiger partial charge in [-0.25, -0.2) is 4.98 Å². The molecule has 0 aliphatic heterocycles. The molecule has 4 heteroatoms. The Morgan fingerprint density at radius 3 is 2.94 bits per heavy atom. The first kappa shape index (κ1) is 13.1. The number of pyridine rings is 1. The van der Waals surface area contributed by atoms with E-state index in [2.05, 4.69) is 39.8 Å². The molecule has 0 radical (unpaired) electrons. The molecule has 1 N–H and O–H groups in total. The molecule has 0 aliphatic rings. The smallest absolute Gasteiger partial charge is 0.126 e. The Morgan fingerprint density at radius 1 is 1.28 bits per heavy atom. The number of halogens is 1. The van der Waals surface area contributed by atoms with Crippen LogP contribution in [0.1, 0.15) is 12.5 Å². The topological polar surface area (TPSA) is 34.1 Å². The van der Waals surface area contributed by atoms with Crippen LogP contribution in [0.15, 0.2) is 42.6 Å². The summed E-state index contributed by atoms with van der Waals surface area (Å²) in [5, 5.41) is 3.19. The molecule has 0 aliphatic carbocycles. The zero-order chi connectivity index (χ0) is 12.8. The first-order valence-corrected chi connectivity index (χ1v) is 6.93. The molecule has 0 saturated carbocycles. The Morgan fingerprint density at radius 2 is 2.17 bits per heavy atom. The lowest BCUT2D eigenvalue weighted by Gasteiger charge is -2.08. The second-order valence-corrected chi connectivity index (χ2v) is 5.07. The number of ether oxygens (including phenoxy) is 1. The van der Waals surface area contributed by atoms with E-state index in [1.54, 1.807) is 6.20 Å². The van der Waals surface area contributed by atoms with Crippen molar-refractivity contribution in [2.24, 2.45) is 0 Å². The molecular weight excluding hydrogens is 339 g/mol. The van der Waals surface area contributed by atoms with E-state index >= 15 is 0 Å². The lowest BCUT2D eigenvalue weighted by molar-refractivity contribution is 0.306. The highest BCUT2D eigenvalue weighted by atomic mass is 127. The molecule has 0 bridgehead atoms. The minimum atomic E-state index is 0.557. The van der Waals surface area contributed by atoms with E-state index in [4.69, 9.17) is 4.74 Å². The molecule has 0 unspecified atom stereocenters. The number of hydrogen-bond donors (Lipinski definition) is 1. The molecular formula is C14H15IN2O. The van der Waals surface area contributed by atoms with Crippen LogP contribution >= 0.6 is 22.6 Å². The molecule has 0 saturated heterocycles. The molecule has 0 atom stereocenters. The second kappa shape index (κ2) is 6.58. The Balaban J connectivity index is 1.99. The quantitative estimate of drug-likeness (QED) is 0.832. The molecule has 0 spiro atoms. The Kier molecular flexibility index (Phi) is 4.81. The average Bonchev–Trinajstić information content (AvgIpc) is 2.37. The fourth-order valence-electron chi connectivity index (χ4n) is 1.57. The summed E-state index contributed by atoms with van der Waals surface area (Å²) in [5.74, 6) is 1.78. The van der Waals surface area contributed by atoms with Gasteiger partial charge >= 0.3 is 0 Å². The van der Waals surface area contributed by atoms with Crippen LogP contribution in [-0.4, -0.2) is 11.5 Å². The van der Waals surface area contributed by atoms with Crippen LogP contribution in [0.5, 0.6) is 5.75 Å². The molecule has 2 rings (SSSR count). The van der Waals surface area contributed by atoms with Crippen molar-refractivity contribution in [1.82, 2.24) is 4.98 Å². The number of rotatable bonds is 5. The van der Waals surface area contributed by atoms with E-state index in [1.165, 1.54) is 3.57 Å². The normalized spacial score (nSPS) is 10.1. The Bertz CT molecular complexity index is 517. The van der Waals surface area contributed by atoms with Gasteiger partial charge in [0.25, 0.3) is 0 Å². The standard InChI is InChI=1S/C14H15IN2O/c1-2-16-14-8-11(6-7-17-14)10-18-13-5-3-4-12(15)9-13/h3-9H,2,10H2,1H3,(H,16,17). The summed E-state index contributed by atoms with van der Waals surface area (Å²) in [6.07, 6.45) is 1.80. The molecule has 18 heavy (non-hydrogen) atoms. The van der Waals surface area contributed by atoms with Crippen LogP contribution in [0.25, 0.3) is 0 Å². The van der Waals surface area contributed by atoms with Gasteiger partial charge in [0.2, 0.25) is 0 Å². The predicted octanol–water partition coefficient (Wildman–Crippen LogP) is 3.70. The van der Waals surface area contributed by atoms with E-state index in [-0.39, 0.29) is 0 Å². The maximum absolute atomic E-state index is 5.75. The van der Waals surface area contributed by atoms with Crippen LogP contribution in [0.2, 0.25) is 0 Å². The fourth-order valence-corrected chi connectivity index (χ4v) is 2.08. The number of nitrogens with one attached hydrogen (secondary N) is 1. The third-order valence-corrected chi connectivity index (χ3v) is 3.05. The largest absolute Gasteiger partial charge is 0.489 e. The lowest BCUT2D eigenvalue weighted by atomic mass is 10.2. The van der Waals surface area contributed by atoms with Crippen molar-refractivity contribution in [3.8, 4) is 5.75 Å². The highest BCUT2D eigenvalue weighted by Gasteiger charge is 1.99. The summed E-state index contributed by atoms with van der Waals surface area (Å²) in [5.41, 5.74) is 1.11.